The SMILES string of the molecule is CCOC(Cc1ccc(OCCN(CCCCC2CCCCC2)C(=O)Nc2ccccc2F)cc1)C(=O)O. The number of hydrogen-bond acceptors (Lipinski definition) is 4. The first kappa shape index (κ1) is 29.4. The highest BCUT2D eigenvalue weighted by molar-refractivity contribution is 5.89. The van der Waals surface area contributed by atoms with E-state index in [-0.39, 0.29) is 24.7 Å². The number of hydrogen-bond donors (Lipinski definition) is 2. The number of carboxylic acids is 1. The van der Waals surface area contributed by atoms with Crippen LogP contribution < -0.4 is 10.1 Å². The van der Waals surface area contributed by atoms with Crippen LogP contribution >= 0.6 is 0 Å². The van der Waals surface area contributed by atoms with Gasteiger partial charge in [-0.05, 0) is 49.1 Å². The van der Waals surface area contributed by atoms with Crippen LogP contribution in [-0.2, 0) is 16.0 Å². The van der Waals surface area contributed by atoms with E-state index in [1.807, 2.05) is 12.1 Å². The smallest absolute Gasteiger partial charge is 0.333 e. The highest BCUT2D eigenvalue weighted by atomic mass is 19.1. The number of para-hydroxylation sites is 1. The van der Waals surface area contributed by atoms with Crippen LogP contribution in [0, 0.1) is 11.7 Å². The van der Waals surface area contributed by atoms with E-state index in [9.17, 15) is 19.1 Å². The molecule has 3 rings (SSSR count). The van der Waals surface area contributed by atoms with E-state index in [4.69, 9.17) is 9.47 Å². The quantitative estimate of drug-likeness (QED) is 0.257. The number of nitrogens with zero attached hydrogens (tertiary/aromatic N) is 1. The van der Waals surface area contributed by atoms with Crippen molar-refractivity contribution in [2.75, 3.05) is 31.6 Å². The van der Waals surface area contributed by atoms with Gasteiger partial charge >= 0.3 is 12.0 Å². The molecule has 38 heavy (non-hydrogen) atoms. The second-order valence-electron chi connectivity index (χ2n) is 9.88. The number of halogens is 1. The molecule has 7 nitrogen and oxygen atoms in total. The van der Waals surface area contributed by atoms with Crippen molar-refractivity contribution in [3.05, 3.63) is 59.9 Å². The van der Waals surface area contributed by atoms with E-state index < -0.39 is 17.9 Å². The molecule has 1 aliphatic carbocycles. The van der Waals surface area contributed by atoms with Gasteiger partial charge in [-0.1, -0.05) is 69.2 Å². The lowest BCUT2D eigenvalue weighted by molar-refractivity contribution is -0.149. The van der Waals surface area contributed by atoms with Crippen molar-refractivity contribution >= 4 is 17.7 Å². The average molecular weight is 529 g/mol. The Morgan fingerprint density at radius 2 is 1.79 bits per heavy atom. The van der Waals surface area contributed by atoms with Gasteiger partial charge < -0.3 is 24.8 Å². The number of nitrogens with one attached hydrogen (secondary N) is 1. The zero-order valence-corrected chi connectivity index (χ0v) is 22.4. The van der Waals surface area contributed by atoms with Crippen LogP contribution in [0.4, 0.5) is 14.9 Å². The van der Waals surface area contributed by atoms with Gasteiger partial charge in [0.2, 0.25) is 0 Å². The van der Waals surface area contributed by atoms with Gasteiger partial charge in [-0.15, -0.1) is 0 Å². The molecule has 0 aliphatic heterocycles. The summed E-state index contributed by atoms with van der Waals surface area (Å²) in [7, 11) is 0. The molecule has 0 saturated heterocycles. The number of amides is 2. The number of urea groups is 1. The molecule has 1 fully saturated rings. The van der Waals surface area contributed by atoms with Crippen LogP contribution in [0.15, 0.2) is 48.5 Å². The van der Waals surface area contributed by atoms with Crippen molar-refractivity contribution in [1.82, 2.24) is 4.90 Å². The van der Waals surface area contributed by atoms with Crippen molar-refractivity contribution in [2.45, 2.75) is 70.8 Å². The Labute approximate surface area is 225 Å². The van der Waals surface area contributed by atoms with E-state index in [1.54, 1.807) is 42.2 Å². The Morgan fingerprint density at radius 1 is 1.05 bits per heavy atom. The summed E-state index contributed by atoms with van der Waals surface area (Å²) >= 11 is 0. The second kappa shape index (κ2) is 16.0. The van der Waals surface area contributed by atoms with Crippen LogP contribution in [-0.4, -0.2) is 54.4 Å². The Balaban J connectivity index is 1.51. The lowest BCUT2D eigenvalue weighted by Crippen LogP contribution is -2.38. The molecule has 0 spiro atoms. The molecule has 1 atom stereocenters. The molecule has 1 saturated carbocycles. The largest absolute Gasteiger partial charge is 0.492 e. The number of rotatable bonds is 15. The fourth-order valence-corrected chi connectivity index (χ4v) is 4.91. The number of carboxylic acid groups (broad SMARTS) is 1. The lowest BCUT2D eigenvalue weighted by Gasteiger charge is -2.25. The second-order valence-corrected chi connectivity index (χ2v) is 9.88. The van der Waals surface area contributed by atoms with Gasteiger partial charge in [0.1, 0.15) is 18.2 Å². The maximum atomic E-state index is 14.1. The van der Waals surface area contributed by atoms with Gasteiger partial charge in [0.05, 0.1) is 12.2 Å². The van der Waals surface area contributed by atoms with Gasteiger partial charge in [0.15, 0.2) is 6.10 Å². The predicted octanol–water partition coefficient (Wildman–Crippen LogP) is 6.52. The number of carbonyl (C=O) groups is 2. The van der Waals surface area contributed by atoms with Crippen molar-refractivity contribution in [3.63, 3.8) is 0 Å². The first-order chi connectivity index (χ1) is 18.5. The van der Waals surface area contributed by atoms with Gasteiger partial charge in [0.25, 0.3) is 0 Å². The zero-order chi connectivity index (χ0) is 27.2. The van der Waals surface area contributed by atoms with Gasteiger partial charge in [-0.25, -0.2) is 14.0 Å². The summed E-state index contributed by atoms with van der Waals surface area (Å²) in [6, 6.07) is 13.0. The molecule has 2 aromatic carbocycles. The molecule has 2 amide bonds. The van der Waals surface area contributed by atoms with Gasteiger partial charge in [-0.3, -0.25) is 0 Å². The number of aliphatic carboxylic acids is 1. The Morgan fingerprint density at radius 3 is 2.47 bits per heavy atom. The van der Waals surface area contributed by atoms with Crippen LogP contribution in [0.3, 0.4) is 0 Å². The summed E-state index contributed by atoms with van der Waals surface area (Å²) in [4.78, 5) is 26.0. The van der Waals surface area contributed by atoms with E-state index in [1.165, 1.54) is 44.6 Å². The third kappa shape index (κ3) is 9.97. The minimum atomic E-state index is -0.986. The topological polar surface area (TPSA) is 88.1 Å². The summed E-state index contributed by atoms with van der Waals surface area (Å²) in [5.74, 6) is -0.0255. The van der Waals surface area contributed by atoms with Crippen molar-refractivity contribution in [1.29, 1.82) is 0 Å². The third-order valence-electron chi connectivity index (χ3n) is 7.04. The molecule has 1 aliphatic rings. The highest BCUT2D eigenvalue weighted by Gasteiger charge is 2.19. The third-order valence-corrected chi connectivity index (χ3v) is 7.04. The molecule has 2 N–H and O–H groups in total. The standard InChI is InChI=1S/C30H41FN2O5/c1-2-37-28(29(34)35)22-24-15-17-25(18-16-24)38-21-20-33(19-9-8-12-23-10-4-3-5-11-23)30(36)32-27-14-7-6-13-26(27)31/h6-7,13-18,23,28H,2-5,8-12,19-22H2,1H3,(H,32,36)(H,34,35). The van der Waals surface area contributed by atoms with E-state index in [0.717, 1.165) is 24.3 Å². The van der Waals surface area contributed by atoms with Gasteiger partial charge in [-0.2, -0.15) is 0 Å². The fourth-order valence-electron chi connectivity index (χ4n) is 4.91. The number of anilines is 1. The first-order valence-corrected chi connectivity index (χ1v) is 13.8. The Hall–Kier alpha value is -3.13. The first-order valence-electron chi connectivity index (χ1n) is 13.8. The molecular formula is C30H41FN2O5. The highest BCUT2D eigenvalue weighted by Crippen LogP contribution is 2.27. The molecular weight excluding hydrogens is 487 g/mol. The number of benzene rings is 2. The van der Waals surface area contributed by atoms with Crippen molar-refractivity contribution in [3.8, 4) is 5.75 Å². The maximum Gasteiger partial charge on any atom is 0.333 e. The van der Waals surface area contributed by atoms with Gasteiger partial charge in [0, 0.05) is 19.6 Å². The zero-order valence-electron chi connectivity index (χ0n) is 22.4. The molecule has 1 unspecified atom stereocenters. The summed E-state index contributed by atoms with van der Waals surface area (Å²) < 4.78 is 25.3. The molecule has 0 aromatic heterocycles. The van der Waals surface area contributed by atoms with Crippen molar-refractivity contribution < 1.29 is 28.6 Å². The average Bonchev–Trinajstić information content (AvgIpc) is 2.92. The monoisotopic (exact) mass is 528 g/mol. The molecule has 2 aromatic rings. The van der Waals surface area contributed by atoms with Crippen LogP contribution in [0.25, 0.3) is 0 Å². The molecule has 208 valence electrons. The summed E-state index contributed by atoms with van der Waals surface area (Å²) in [5.41, 5.74) is 0.995. The molecule has 0 bridgehead atoms. The molecule has 0 radical (unpaired) electrons. The van der Waals surface area contributed by atoms with E-state index in [0.29, 0.717) is 25.4 Å². The fraction of sp³-hybridized carbons (Fsp3) is 0.533. The number of ether oxygens (including phenoxy) is 2. The maximum absolute atomic E-state index is 14.1. The number of unbranched alkanes of at least 4 members (excludes halogenated alkanes) is 1. The molecule has 0 heterocycles. The van der Waals surface area contributed by atoms with Crippen LogP contribution in [0.5, 0.6) is 5.75 Å². The lowest BCUT2D eigenvalue weighted by atomic mass is 9.86. The van der Waals surface area contributed by atoms with Crippen molar-refractivity contribution in [2.24, 2.45) is 5.92 Å². The minimum absolute atomic E-state index is 0.160. The molecule has 8 heteroatoms. The minimum Gasteiger partial charge on any atom is -0.492 e. The Kier molecular flexibility index (Phi) is 12.4. The normalized spacial score (nSPS) is 14.6. The van der Waals surface area contributed by atoms with Crippen LogP contribution in [0.1, 0.15) is 63.9 Å². The van der Waals surface area contributed by atoms with E-state index in [2.05, 4.69) is 5.32 Å². The van der Waals surface area contributed by atoms with E-state index >= 15 is 0 Å². The van der Waals surface area contributed by atoms with Crippen LogP contribution in [0.2, 0.25) is 0 Å². The summed E-state index contributed by atoms with van der Waals surface area (Å²) in [5, 5.41) is 12.0. The summed E-state index contributed by atoms with van der Waals surface area (Å²) in [6.45, 7) is 3.31. The predicted molar refractivity (Wildman–Crippen MR) is 146 cm³/mol. The summed E-state index contributed by atoms with van der Waals surface area (Å²) in [6.07, 6.45) is 9.16. The number of carbonyl (C=O) groups excluding carboxylic acids is 1. The Bertz CT molecular complexity index is 994.